The van der Waals surface area contributed by atoms with E-state index in [4.69, 9.17) is 0 Å². The van der Waals surface area contributed by atoms with Crippen LogP contribution < -0.4 is 0 Å². The maximum absolute atomic E-state index is 13.0. The standard InChI is InChI=1S/C24H17N3O2/c1-27-23(28)20-12-18(14-25)19(15-26)13-21(20)24(27,29)22(16-8-4-2-5-9-16)17-10-6-3-7-11-17/h2-13,22,29H,1H3. The molecule has 0 fully saturated rings. The maximum Gasteiger partial charge on any atom is 0.256 e. The number of hydrogen-bond donors (Lipinski definition) is 1. The number of nitriles is 2. The Bertz CT molecular complexity index is 1140. The van der Waals surface area contributed by atoms with E-state index in [0.717, 1.165) is 11.1 Å². The van der Waals surface area contributed by atoms with E-state index in [1.807, 2.05) is 72.8 Å². The van der Waals surface area contributed by atoms with Gasteiger partial charge in [0.2, 0.25) is 0 Å². The molecule has 1 atom stereocenters. The average Bonchev–Trinajstić information content (AvgIpc) is 2.95. The molecule has 29 heavy (non-hydrogen) atoms. The fourth-order valence-corrected chi connectivity index (χ4v) is 4.08. The number of likely N-dealkylation sites (N-methyl/N-ethyl adjacent to an activating group) is 1. The van der Waals surface area contributed by atoms with Gasteiger partial charge in [-0.2, -0.15) is 10.5 Å². The zero-order chi connectivity index (χ0) is 20.6. The number of hydrogen-bond acceptors (Lipinski definition) is 4. The number of carbonyl (C=O) groups is 1. The minimum absolute atomic E-state index is 0.119. The molecule has 1 aliphatic heterocycles. The molecule has 1 amide bonds. The first kappa shape index (κ1) is 18.4. The summed E-state index contributed by atoms with van der Waals surface area (Å²) < 4.78 is 0. The van der Waals surface area contributed by atoms with Crippen LogP contribution in [0, 0.1) is 22.7 Å². The van der Waals surface area contributed by atoms with Crippen molar-refractivity contribution in [1.29, 1.82) is 10.5 Å². The normalized spacial score (nSPS) is 17.7. The molecule has 0 radical (unpaired) electrons. The summed E-state index contributed by atoms with van der Waals surface area (Å²) in [4.78, 5) is 14.3. The van der Waals surface area contributed by atoms with Crippen LogP contribution in [0.1, 0.15) is 44.1 Å². The molecule has 0 spiro atoms. The van der Waals surface area contributed by atoms with Crippen LogP contribution in [0.15, 0.2) is 72.8 Å². The monoisotopic (exact) mass is 379 g/mol. The summed E-state index contributed by atoms with van der Waals surface area (Å²) in [5, 5.41) is 30.9. The van der Waals surface area contributed by atoms with E-state index in [9.17, 15) is 20.4 Å². The van der Waals surface area contributed by atoms with Gasteiger partial charge in [-0.15, -0.1) is 0 Å². The van der Waals surface area contributed by atoms with Crippen LogP contribution >= 0.6 is 0 Å². The SMILES string of the molecule is CN1C(=O)c2cc(C#N)c(C#N)cc2C1(O)C(c1ccccc1)c1ccccc1. The zero-order valence-corrected chi connectivity index (χ0v) is 15.7. The van der Waals surface area contributed by atoms with Crippen molar-refractivity contribution in [2.75, 3.05) is 7.05 Å². The highest BCUT2D eigenvalue weighted by molar-refractivity contribution is 6.00. The predicted molar refractivity (Wildman–Crippen MR) is 107 cm³/mol. The Hall–Kier alpha value is -3.93. The summed E-state index contributed by atoms with van der Waals surface area (Å²) in [5.74, 6) is -0.972. The molecule has 1 N–H and O–H groups in total. The van der Waals surface area contributed by atoms with Crippen molar-refractivity contribution < 1.29 is 9.90 Å². The minimum Gasteiger partial charge on any atom is -0.366 e. The maximum atomic E-state index is 13.0. The number of amides is 1. The van der Waals surface area contributed by atoms with E-state index in [2.05, 4.69) is 0 Å². The molecule has 3 aromatic carbocycles. The Morgan fingerprint density at radius 2 is 1.38 bits per heavy atom. The Balaban J connectivity index is 2.03. The lowest BCUT2D eigenvalue weighted by molar-refractivity contribution is -0.0850. The van der Waals surface area contributed by atoms with Gasteiger partial charge < -0.3 is 10.0 Å². The van der Waals surface area contributed by atoms with Crippen molar-refractivity contribution in [3.63, 3.8) is 0 Å². The Morgan fingerprint density at radius 1 is 0.897 bits per heavy atom. The molecule has 140 valence electrons. The Kier molecular flexibility index (Phi) is 4.39. The van der Waals surface area contributed by atoms with Gasteiger partial charge in [0, 0.05) is 18.2 Å². The van der Waals surface area contributed by atoms with Crippen LogP contribution in [0.3, 0.4) is 0 Å². The topological polar surface area (TPSA) is 88.1 Å². The van der Waals surface area contributed by atoms with E-state index in [0.29, 0.717) is 5.56 Å². The highest BCUT2D eigenvalue weighted by atomic mass is 16.3. The van der Waals surface area contributed by atoms with Crippen LogP contribution in [-0.4, -0.2) is 23.0 Å². The van der Waals surface area contributed by atoms with Crippen LogP contribution in [0.25, 0.3) is 0 Å². The molecule has 0 aromatic heterocycles. The molecule has 1 aliphatic rings. The molecule has 1 heterocycles. The Labute approximate surface area is 168 Å². The molecule has 5 nitrogen and oxygen atoms in total. The molecule has 1 unspecified atom stereocenters. The summed E-state index contributed by atoms with van der Waals surface area (Å²) in [6, 6.07) is 25.7. The van der Waals surface area contributed by atoms with Crippen LogP contribution in [0.2, 0.25) is 0 Å². The van der Waals surface area contributed by atoms with Crippen LogP contribution in [-0.2, 0) is 5.72 Å². The summed E-state index contributed by atoms with van der Waals surface area (Å²) in [7, 11) is 1.54. The van der Waals surface area contributed by atoms with Gasteiger partial charge in [0.15, 0.2) is 5.72 Å². The molecule has 0 bridgehead atoms. The van der Waals surface area contributed by atoms with E-state index in [1.165, 1.54) is 17.0 Å². The summed E-state index contributed by atoms with van der Waals surface area (Å²) in [5.41, 5.74) is 0.768. The second-order valence-electron chi connectivity index (χ2n) is 7.01. The molecule has 4 rings (SSSR count). The fraction of sp³-hybridized carbons (Fsp3) is 0.125. The predicted octanol–water partition coefficient (Wildman–Crippen LogP) is 3.49. The summed E-state index contributed by atoms with van der Waals surface area (Å²) in [6.45, 7) is 0. The third-order valence-electron chi connectivity index (χ3n) is 5.51. The van der Waals surface area contributed by atoms with E-state index >= 15 is 0 Å². The minimum atomic E-state index is -1.71. The molecule has 5 heteroatoms. The number of benzene rings is 3. The van der Waals surface area contributed by atoms with Gasteiger partial charge in [0.05, 0.1) is 17.0 Å². The van der Waals surface area contributed by atoms with Gasteiger partial charge in [0.1, 0.15) is 12.1 Å². The third-order valence-corrected chi connectivity index (χ3v) is 5.51. The molecule has 3 aromatic rings. The Morgan fingerprint density at radius 3 is 1.86 bits per heavy atom. The smallest absolute Gasteiger partial charge is 0.256 e. The zero-order valence-electron chi connectivity index (χ0n) is 15.7. The second-order valence-corrected chi connectivity index (χ2v) is 7.01. The van der Waals surface area contributed by atoms with E-state index in [-0.39, 0.29) is 22.6 Å². The van der Waals surface area contributed by atoms with Gasteiger partial charge in [-0.05, 0) is 23.3 Å². The van der Waals surface area contributed by atoms with Crippen molar-refractivity contribution in [3.05, 3.63) is 106 Å². The summed E-state index contributed by atoms with van der Waals surface area (Å²) in [6.07, 6.45) is 0. The lowest BCUT2D eigenvalue weighted by Gasteiger charge is -2.39. The van der Waals surface area contributed by atoms with Gasteiger partial charge in [0.25, 0.3) is 5.91 Å². The largest absolute Gasteiger partial charge is 0.366 e. The van der Waals surface area contributed by atoms with Gasteiger partial charge in [-0.1, -0.05) is 60.7 Å². The van der Waals surface area contributed by atoms with E-state index < -0.39 is 11.6 Å². The van der Waals surface area contributed by atoms with Crippen molar-refractivity contribution in [2.45, 2.75) is 11.6 Å². The molecular formula is C24H17N3O2. The highest BCUT2D eigenvalue weighted by Gasteiger charge is 2.53. The summed E-state index contributed by atoms with van der Waals surface area (Å²) >= 11 is 0. The fourth-order valence-electron chi connectivity index (χ4n) is 4.08. The van der Waals surface area contributed by atoms with Gasteiger partial charge in [-0.25, -0.2) is 0 Å². The first-order valence-electron chi connectivity index (χ1n) is 9.11. The first-order valence-corrected chi connectivity index (χ1v) is 9.11. The molecule has 0 saturated heterocycles. The van der Waals surface area contributed by atoms with Crippen molar-refractivity contribution in [2.24, 2.45) is 0 Å². The van der Waals surface area contributed by atoms with E-state index in [1.54, 1.807) is 7.05 Å². The average molecular weight is 379 g/mol. The van der Waals surface area contributed by atoms with Gasteiger partial charge in [-0.3, -0.25) is 4.79 Å². The van der Waals surface area contributed by atoms with Gasteiger partial charge >= 0.3 is 0 Å². The van der Waals surface area contributed by atoms with Crippen molar-refractivity contribution in [1.82, 2.24) is 4.90 Å². The first-order chi connectivity index (χ1) is 14.0. The third kappa shape index (κ3) is 2.69. The van der Waals surface area contributed by atoms with Crippen molar-refractivity contribution >= 4 is 5.91 Å². The molecular weight excluding hydrogens is 362 g/mol. The lowest BCUT2D eigenvalue weighted by atomic mass is 9.78. The lowest BCUT2D eigenvalue weighted by Crippen LogP contribution is -2.46. The number of rotatable bonds is 3. The number of aliphatic hydroxyl groups is 1. The molecule has 0 aliphatic carbocycles. The second kappa shape index (κ2) is 6.91. The quantitative estimate of drug-likeness (QED) is 0.754. The highest BCUT2D eigenvalue weighted by Crippen LogP contribution is 2.49. The number of carbonyl (C=O) groups excluding carboxylic acids is 1. The number of fused-ring (bicyclic) bond motifs is 1. The number of nitrogens with zero attached hydrogens (tertiary/aromatic N) is 3. The van der Waals surface area contributed by atoms with Crippen LogP contribution in [0.4, 0.5) is 0 Å². The van der Waals surface area contributed by atoms with Crippen molar-refractivity contribution in [3.8, 4) is 12.1 Å². The van der Waals surface area contributed by atoms with Crippen LogP contribution in [0.5, 0.6) is 0 Å². The molecule has 0 saturated carbocycles.